The van der Waals surface area contributed by atoms with Crippen LogP contribution in [-0.4, -0.2) is 21.1 Å². The molecule has 2 rings (SSSR count). The maximum atomic E-state index is 11.1. The summed E-state index contributed by atoms with van der Waals surface area (Å²) in [7, 11) is 1.91. The predicted octanol–water partition coefficient (Wildman–Crippen LogP) is 1.81. The smallest absolute Gasteiger partial charge is 0.250 e. The molecule has 0 aliphatic rings. The lowest BCUT2D eigenvalue weighted by Gasteiger charge is -1.98. The number of carbonyl (C=O) groups is 1. The van der Waals surface area contributed by atoms with E-state index in [2.05, 4.69) is 10.2 Å². The van der Waals surface area contributed by atoms with Crippen molar-refractivity contribution in [3.63, 3.8) is 0 Å². The summed E-state index contributed by atoms with van der Waals surface area (Å²) < 4.78 is 7.31. The summed E-state index contributed by atoms with van der Waals surface area (Å²) in [6.07, 6.45) is 0.831. The molecule has 0 saturated heterocycles. The third-order valence-electron chi connectivity index (χ3n) is 2.88. The first-order valence-corrected chi connectivity index (χ1v) is 4.97. The standard InChI is InChI=1S/C11H13N3O2/c1-6-9(5-15)10(7(2)14(6)4)11-13-12-8(3)16-11/h5H,1-4H3. The molecule has 0 aromatic carbocycles. The second-order valence-electron chi connectivity index (χ2n) is 3.76. The minimum absolute atomic E-state index is 0.404. The molecule has 0 aliphatic heterocycles. The molecule has 0 unspecified atom stereocenters. The number of hydrogen-bond donors (Lipinski definition) is 0. The van der Waals surface area contributed by atoms with E-state index in [1.54, 1.807) is 6.92 Å². The van der Waals surface area contributed by atoms with Gasteiger partial charge in [-0.25, -0.2) is 0 Å². The number of aromatic nitrogens is 3. The van der Waals surface area contributed by atoms with Crippen molar-refractivity contribution in [2.75, 3.05) is 0 Å². The van der Waals surface area contributed by atoms with E-state index in [4.69, 9.17) is 4.42 Å². The van der Waals surface area contributed by atoms with Crippen LogP contribution in [0.3, 0.4) is 0 Å². The highest BCUT2D eigenvalue weighted by Gasteiger charge is 2.20. The molecule has 0 saturated carbocycles. The number of aldehydes is 1. The molecule has 5 heteroatoms. The van der Waals surface area contributed by atoms with E-state index < -0.39 is 0 Å². The lowest BCUT2D eigenvalue weighted by Crippen LogP contribution is -1.93. The number of rotatable bonds is 2. The highest BCUT2D eigenvalue weighted by atomic mass is 16.4. The van der Waals surface area contributed by atoms with Crippen LogP contribution in [0.4, 0.5) is 0 Å². The zero-order chi connectivity index (χ0) is 11.9. The van der Waals surface area contributed by atoms with Crippen molar-refractivity contribution in [1.29, 1.82) is 0 Å². The summed E-state index contributed by atoms with van der Waals surface area (Å²) in [6.45, 7) is 5.54. The maximum absolute atomic E-state index is 11.1. The molecular formula is C11H13N3O2. The van der Waals surface area contributed by atoms with Gasteiger partial charge in [0.05, 0.1) is 5.56 Å². The fourth-order valence-electron chi connectivity index (χ4n) is 1.79. The second kappa shape index (κ2) is 3.59. The van der Waals surface area contributed by atoms with E-state index in [-0.39, 0.29) is 0 Å². The first-order valence-electron chi connectivity index (χ1n) is 4.97. The van der Waals surface area contributed by atoms with Crippen molar-refractivity contribution in [3.8, 4) is 11.5 Å². The fourth-order valence-corrected chi connectivity index (χ4v) is 1.79. The molecule has 0 aliphatic carbocycles. The van der Waals surface area contributed by atoms with Gasteiger partial charge in [-0.05, 0) is 13.8 Å². The van der Waals surface area contributed by atoms with Crippen LogP contribution in [0.25, 0.3) is 11.5 Å². The van der Waals surface area contributed by atoms with Crippen LogP contribution in [0.15, 0.2) is 4.42 Å². The van der Waals surface area contributed by atoms with E-state index in [1.807, 2.05) is 25.5 Å². The highest BCUT2D eigenvalue weighted by molar-refractivity contribution is 5.88. The van der Waals surface area contributed by atoms with Gasteiger partial charge in [-0.3, -0.25) is 4.79 Å². The lowest BCUT2D eigenvalue weighted by molar-refractivity contribution is 0.112. The number of aryl methyl sites for hydroxylation is 1. The summed E-state index contributed by atoms with van der Waals surface area (Å²) in [5, 5.41) is 7.73. The molecule has 0 atom stereocenters. The average Bonchev–Trinajstić information content (AvgIpc) is 2.76. The fraction of sp³-hybridized carbons (Fsp3) is 0.364. The van der Waals surface area contributed by atoms with Gasteiger partial charge in [0.2, 0.25) is 11.8 Å². The zero-order valence-corrected chi connectivity index (χ0v) is 9.74. The second-order valence-corrected chi connectivity index (χ2v) is 3.76. The average molecular weight is 219 g/mol. The van der Waals surface area contributed by atoms with Gasteiger partial charge < -0.3 is 8.98 Å². The van der Waals surface area contributed by atoms with Crippen LogP contribution in [0.1, 0.15) is 27.6 Å². The first-order chi connectivity index (χ1) is 7.56. The molecular weight excluding hydrogens is 206 g/mol. The molecule has 2 heterocycles. The number of hydrogen-bond acceptors (Lipinski definition) is 4. The van der Waals surface area contributed by atoms with Crippen LogP contribution < -0.4 is 0 Å². The van der Waals surface area contributed by atoms with Crippen molar-refractivity contribution < 1.29 is 9.21 Å². The van der Waals surface area contributed by atoms with Crippen molar-refractivity contribution in [2.24, 2.45) is 7.05 Å². The highest BCUT2D eigenvalue weighted by Crippen LogP contribution is 2.29. The Morgan fingerprint density at radius 2 is 1.88 bits per heavy atom. The largest absolute Gasteiger partial charge is 0.421 e. The van der Waals surface area contributed by atoms with Gasteiger partial charge in [-0.15, -0.1) is 10.2 Å². The molecule has 0 bridgehead atoms. The molecule has 16 heavy (non-hydrogen) atoms. The van der Waals surface area contributed by atoms with Crippen molar-refractivity contribution in [2.45, 2.75) is 20.8 Å². The molecule has 5 nitrogen and oxygen atoms in total. The Hall–Kier alpha value is -1.91. The normalized spacial score (nSPS) is 10.8. The quantitative estimate of drug-likeness (QED) is 0.723. The molecule has 2 aromatic heterocycles. The molecule has 0 spiro atoms. The van der Waals surface area contributed by atoms with Crippen LogP contribution in [-0.2, 0) is 7.05 Å². The Labute approximate surface area is 93.1 Å². The van der Waals surface area contributed by atoms with Crippen molar-refractivity contribution in [1.82, 2.24) is 14.8 Å². The third-order valence-corrected chi connectivity index (χ3v) is 2.88. The van der Waals surface area contributed by atoms with Crippen LogP contribution in [0, 0.1) is 20.8 Å². The SMILES string of the molecule is Cc1nnc(-c2c(C=O)c(C)n(C)c2C)o1. The minimum Gasteiger partial charge on any atom is -0.421 e. The molecule has 2 aromatic rings. The zero-order valence-electron chi connectivity index (χ0n) is 9.74. The summed E-state index contributed by atoms with van der Waals surface area (Å²) in [5.41, 5.74) is 3.20. The Morgan fingerprint density at radius 1 is 1.19 bits per heavy atom. The first kappa shape index (κ1) is 10.6. The van der Waals surface area contributed by atoms with Gasteiger partial charge in [0.1, 0.15) is 0 Å². The lowest BCUT2D eigenvalue weighted by atomic mass is 10.1. The monoisotopic (exact) mass is 219 g/mol. The van der Waals surface area contributed by atoms with Gasteiger partial charge in [-0.1, -0.05) is 0 Å². The molecule has 0 fully saturated rings. The summed E-state index contributed by atoms with van der Waals surface area (Å²) in [4.78, 5) is 11.1. The number of nitrogens with zero attached hydrogens (tertiary/aromatic N) is 3. The van der Waals surface area contributed by atoms with E-state index in [1.165, 1.54) is 0 Å². The van der Waals surface area contributed by atoms with E-state index in [0.29, 0.717) is 17.3 Å². The van der Waals surface area contributed by atoms with Gasteiger partial charge in [0.15, 0.2) is 6.29 Å². The van der Waals surface area contributed by atoms with Crippen LogP contribution >= 0.6 is 0 Å². The number of carbonyl (C=O) groups excluding carboxylic acids is 1. The molecule has 84 valence electrons. The van der Waals surface area contributed by atoms with Crippen LogP contribution in [0.2, 0.25) is 0 Å². The van der Waals surface area contributed by atoms with E-state index in [9.17, 15) is 4.79 Å². The molecule has 0 radical (unpaired) electrons. The summed E-state index contributed by atoms with van der Waals surface area (Å²) >= 11 is 0. The summed E-state index contributed by atoms with van der Waals surface area (Å²) in [5.74, 6) is 0.897. The van der Waals surface area contributed by atoms with Crippen molar-refractivity contribution >= 4 is 6.29 Å². The van der Waals surface area contributed by atoms with E-state index in [0.717, 1.165) is 23.2 Å². The van der Waals surface area contributed by atoms with Gasteiger partial charge >= 0.3 is 0 Å². The topological polar surface area (TPSA) is 60.9 Å². The molecule has 0 N–H and O–H groups in total. The Morgan fingerprint density at radius 3 is 2.38 bits per heavy atom. The maximum Gasteiger partial charge on any atom is 0.250 e. The van der Waals surface area contributed by atoms with Crippen molar-refractivity contribution in [3.05, 3.63) is 22.8 Å². The van der Waals surface area contributed by atoms with E-state index >= 15 is 0 Å². The Kier molecular flexibility index (Phi) is 2.38. The summed E-state index contributed by atoms with van der Waals surface area (Å²) in [6, 6.07) is 0. The third kappa shape index (κ3) is 1.36. The van der Waals surface area contributed by atoms with Crippen LogP contribution in [0.5, 0.6) is 0 Å². The predicted molar refractivity (Wildman–Crippen MR) is 58.3 cm³/mol. The van der Waals surface area contributed by atoms with Gasteiger partial charge in [0.25, 0.3) is 0 Å². The Balaban J connectivity index is 2.73. The van der Waals surface area contributed by atoms with Gasteiger partial charge in [-0.2, -0.15) is 0 Å². The molecule has 0 amide bonds. The van der Waals surface area contributed by atoms with Gasteiger partial charge in [0, 0.05) is 30.9 Å². The Bertz CT molecular complexity index is 552. The minimum atomic E-state index is 0.404.